The van der Waals surface area contributed by atoms with Gasteiger partial charge in [0.25, 0.3) is 5.91 Å². The van der Waals surface area contributed by atoms with Crippen molar-refractivity contribution >= 4 is 23.5 Å². The maximum absolute atomic E-state index is 13.4. The highest BCUT2D eigenvalue weighted by Crippen LogP contribution is 2.29. The molecule has 3 aromatic rings. The van der Waals surface area contributed by atoms with E-state index in [-0.39, 0.29) is 36.9 Å². The van der Waals surface area contributed by atoms with Gasteiger partial charge in [-0.3, -0.25) is 9.59 Å². The number of halogens is 1. The molecule has 9 nitrogen and oxygen atoms in total. The molecule has 4 N–H and O–H groups in total. The number of aliphatic carboxylic acids is 1. The Labute approximate surface area is 227 Å². The first-order valence-corrected chi connectivity index (χ1v) is 12.8. The van der Waals surface area contributed by atoms with Gasteiger partial charge in [-0.05, 0) is 60.7 Å². The number of aliphatic hydroxyl groups excluding tert-OH is 2. The smallest absolute Gasteiger partial charge is 0.305 e. The molecule has 0 aliphatic carbocycles. The first kappa shape index (κ1) is 29.2. The Morgan fingerprint density at radius 1 is 1.11 bits per heavy atom. The second-order valence-corrected chi connectivity index (χ2v) is 9.88. The molecule has 1 aromatic heterocycles. The van der Waals surface area contributed by atoms with Gasteiger partial charge in [0.2, 0.25) is 0 Å². The molecule has 0 fully saturated rings. The average molecular weight is 544 g/mol. The molecule has 0 spiro atoms. The van der Waals surface area contributed by atoms with E-state index in [0.29, 0.717) is 28.8 Å². The van der Waals surface area contributed by atoms with Gasteiger partial charge in [0, 0.05) is 23.7 Å². The van der Waals surface area contributed by atoms with Crippen LogP contribution in [0.3, 0.4) is 0 Å². The van der Waals surface area contributed by atoms with Crippen molar-refractivity contribution in [2.75, 3.05) is 7.11 Å². The zero-order valence-corrected chi connectivity index (χ0v) is 22.5. The molecule has 0 radical (unpaired) electrons. The zero-order chi connectivity index (χ0) is 27.8. The van der Waals surface area contributed by atoms with E-state index < -0.39 is 24.6 Å². The number of carboxylic acid groups (broad SMARTS) is 1. The van der Waals surface area contributed by atoms with E-state index in [0.717, 1.165) is 11.1 Å². The third-order valence-electron chi connectivity index (χ3n) is 6.10. The Morgan fingerprint density at radius 2 is 1.82 bits per heavy atom. The average Bonchev–Trinajstić information content (AvgIpc) is 3.26. The van der Waals surface area contributed by atoms with Crippen molar-refractivity contribution < 1.29 is 29.6 Å². The van der Waals surface area contributed by atoms with E-state index >= 15 is 0 Å². The summed E-state index contributed by atoms with van der Waals surface area (Å²) < 4.78 is 7.16. The number of amides is 1. The van der Waals surface area contributed by atoms with E-state index in [1.165, 1.54) is 0 Å². The van der Waals surface area contributed by atoms with Crippen LogP contribution in [-0.2, 0) is 17.9 Å². The lowest BCUT2D eigenvalue weighted by molar-refractivity contribution is -0.139. The topological polar surface area (TPSA) is 134 Å². The van der Waals surface area contributed by atoms with Gasteiger partial charge in [-0.25, -0.2) is 4.98 Å². The Bertz CT molecular complexity index is 1240. The van der Waals surface area contributed by atoms with Crippen LogP contribution < -0.4 is 10.1 Å². The number of aliphatic hydroxyl groups is 2. The van der Waals surface area contributed by atoms with E-state index in [1.807, 2.05) is 54.8 Å². The predicted molar refractivity (Wildman–Crippen MR) is 144 cm³/mol. The second-order valence-electron chi connectivity index (χ2n) is 9.45. The fourth-order valence-electron chi connectivity index (χ4n) is 4.31. The van der Waals surface area contributed by atoms with Crippen LogP contribution in [0.2, 0.25) is 5.02 Å². The van der Waals surface area contributed by atoms with Crippen LogP contribution in [0.5, 0.6) is 5.75 Å². The fourth-order valence-corrected chi connectivity index (χ4v) is 4.43. The fraction of sp³-hybridized carbons (Fsp3) is 0.393. The van der Waals surface area contributed by atoms with Crippen molar-refractivity contribution in [1.82, 2.24) is 14.9 Å². The highest BCUT2D eigenvalue weighted by atomic mass is 35.5. The van der Waals surface area contributed by atoms with Gasteiger partial charge in [0.15, 0.2) is 0 Å². The van der Waals surface area contributed by atoms with Gasteiger partial charge in [-0.15, -0.1) is 0 Å². The third-order valence-corrected chi connectivity index (χ3v) is 6.35. The number of ether oxygens (including phenoxy) is 1. The van der Waals surface area contributed by atoms with E-state index in [1.54, 1.807) is 19.2 Å². The maximum Gasteiger partial charge on any atom is 0.305 e. The quantitative estimate of drug-likeness (QED) is 0.253. The molecule has 0 unspecified atom stereocenters. The number of carbonyl (C=O) groups excluding carboxylic acids is 1. The number of benzene rings is 2. The number of rotatable bonds is 13. The van der Waals surface area contributed by atoms with Crippen molar-refractivity contribution in [3.05, 3.63) is 70.5 Å². The monoisotopic (exact) mass is 543 g/mol. The summed E-state index contributed by atoms with van der Waals surface area (Å²) in [6.45, 7) is 4.52. The summed E-state index contributed by atoms with van der Waals surface area (Å²) in [4.78, 5) is 28.9. The summed E-state index contributed by atoms with van der Waals surface area (Å²) in [5.41, 5.74) is 2.62. The second kappa shape index (κ2) is 13.4. The van der Waals surface area contributed by atoms with Crippen LogP contribution in [-0.4, -0.2) is 56.1 Å². The lowest BCUT2D eigenvalue weighted by Gasteiger charge is -2.19. The number of carboxylic acids is 1. The number of carbonyl (C=O) groups is 2. The van der Waals surface area contributed by atoms with Crippen LogP contribution >= 0.6 is 11.6 Å². The normalized spacial score (nSPS) is 12.8. The summed E-state index contributed by atoms with van der Waals surface area (Å²) >= 11 is 6.09. The molecule has 10 heteroatoms. The number of methoxy groups -OCH3 is 1. The van der Waals surface area contributed by atoms with Crippen LogP contribution in [0, 0.1) is 0 Å². The standard InChI is InChI=1S/C28H34ClN3O6/c1-17(2)26-25(28(37)30-16-18-5-4-6-23(13-18)38-3)31-27(19-7-9-20(29)10-8-19)32(26)12-11-21(33)14-22(34)15-24(35)36/h4-10,13,17,21-22,33-34H,11-12,14-16H2,1-3H3,(H,30,37)(H,35,36)/t21-,22-/m1/s1. The predicted octanol–water partition coefficient (Wildman–Crippen LogP) is 4.24. The highest BCUT2D eigenvalue weighted by molar-refractivity contribution is 6.30. The van der Waals surface area contributed by atoms with Crippen molar-refractivity contribution in [3.8, 4) is 17.1 Å². The lowest BCUT2D eigenvalue weighted by Crippen LogP contribution is -2.25. The Balaban J connectivity index is 1.90. The number of hydrogen-bond donors (Lipinski definition) is 4. The van der Waals surface area contributed by atoms with Gasteiger partial charge in [-0.2, -0.15) is 0 Å². The highest BCUT2D eigenvalue weighted by Gasteiger charge is 2.26. The van der Waals surface area contributed by atoms with Gasteiger partial charge < -0.3 is 29.9 Å². The Morgan fingerprint density at radius 3 is 2.45 bits per heavy atom. The molecule has 1 amide bonds. The largest absolute Gasteiger partial charge is 0.497 e. The van der Waals surface area contributed by atoms with Gasteiger partial charge in [0.05, 0.1) is 31.4 Å². The number of nitrogens with zero attached hydrogens (tertiary/aromatic N) is 2. The molecule has 3 rings (SSSR count). The molecule has 1 heterocycles. The van der Waals surface area contributed by atoms with Crippen molar-refractivity contribution in [2.45, 2.75) is 64.3 Å². The molecule has 2 aromatic carbocycles. The van der Waals surface area contributed by atoms with Gasteiger partial charge in [-0.1, -0.05) is 37.6 Å². The summed E-state index contributed by atoms with van der Waals surface area (Å²) in [7, 11) is 1.58. The summed E-state index contributed by atoms with van der Waals surface area (Å²) in [5, 5.41) is 32.8. The minimum atomic E-state index is -1.15. The van der Waals surface area contributed by atoms with E-state index in [2.05, 4.69) is 5.32 Å². The van der Waals surface area contributed by atoms with Crippen LogP contribution in [0.4, 0.5) is 0 Å². The van der Waals surface area contributed by atoms with E-state index in [9.17, 15) is 19.8 Å². The number of aromatic nitrogens is 2. The van der Waals surface area contributed by atoms with Crippen LogP contribution in [0.25, 0.3) is 11.4 Å². The maximum atomic E-state index is 13.4. The minimum Gasteiger partial charge on any atom is -0.497 e. The molecule has 0 saturated carbocycles. The van der Waals surface area contributed by atoms with Crippen molar-refractivity contribution in [3.63, 3.8) is 0 Å². The van der Waals surface area contributed by atoms with Crippen LogP contribution in [0.1, 0.15) is 60.8 Å². The van der Waals surface area contributed by atoms with Crippen LogP contribution in [0.15, 0.2) is 48.5 Å². The van der Waals surface area contributed by atoms with Gasteiger partial charge >= 0.3 is 5.97 Å². The summed E-state index contributed by atoms with van der Waals surface area (Å²) in [5.74, 6) is -0.286. The van der Waals surface area contributed by atoms with E-state index in [4.69, 9.17) is 26.4 Å². The third kappa shape index (κ3) is 7.80. The molecular weight excluding hydrogens is 510 g/mol. The summed E-state index contributed by atoms with van der Waals surface area (Å²) in [6.07, 6.45) is -2.35. The zero-order valence-electron chi connectivity index (χ0n) is 21.7. The molecular formula is C28H34ClN3O6. The van der Waals surface area contributed by atoms with Crippen molar-refractivity contribution in [2.24, 2.45) is 0 Å². The first-order valence-electron chi connectivity index (χ1n) is 12.4. The molecule has 38 heavy (non-hydrogen) atoms. The molecule has 2 atom stereocenters. The Kier molecular flexibility index (Phi) is 10.3. The molecule has 204 valence electrons. The van der Waals surface area contributed by atoms with Crippen molar-refractivity contribution in [1.29, 1.82) is 0 Å². The minimum absolute atomic E-state index is 0.0673. The molecule has 0 bridgehead atoms. The number of hydrogen-bond acceptors (Lipinski definition) is 6. The number of nitrogens with one attached hydrogen (secondary N) is 1. The Hall–Kier alpha value is -3.40. The molecule has 0 saturated heterocycles. The number of imidazole rings is 1. The SMILES string of the molecule is COc1cccc(CNC(=O)c2nc(-c3ccc(Cl)cc3)n(CC[C@@H](O)C[C@@H](O)CC(=O)O)c2C(C)C)c1. The summed E-state index contributed by atoms with van der Waals surface area (Å²) in [6, 6.07) is 14.5. The molecule has 0 aliphatic rings. The molecule has 0 aliphatic heterocycles. The lowest BCUT2D eigenvalue weighted by atomic mass is 10.0. The van der Waals surface area contributed by atoms with Gasteiger partial charge in [0.1, 0.15) is 17.3 Å². The first-order chi connectivity index (χ1) is 18.1.